The van der Waals surface area contributed by atoms with E-state index < -0.39 is 5.82 Å². The number of halogens is 1. The number of hydrogen-bond donors (Lipinski definition) is 0. The van der Waals surface area contributed by atoms with E-state index in [2.05, 4.69) is 0 Å². The van der Waals surface area contributed by atoms with Crippen LogP contribution >= 0.6 is 11.3 Å². The number of likely N-dealkylation sites (N-methyl/N-ethyl adjacent to an activating group) is 1. The Morgan fingerprint density at radius 3 is 2.62 bits per heavy atom. The van der Waals surface area contributed by atoms with Crippen LogP contribution in [0, 0.1) is 5.82 Å². The van der Waals surface area contributed by atoms with Gasteiger partial charge in [-0.3, -0.25) is 9.69 Å². The summed E-state index contributed by atoms with van der Waals surface area (Å²) in [4.78, 5) is 18.0. The topological polar surface area (TPSA) is 51.2 Å². The fraction of sp³-hybridized carbons (Fsp3) is 0.292. The summed E-state index contributed by atoms with van der Waals surface area (Å²) in [6.45, 7) is 2.06. The standard InChI is InChI=1S/C24H25FN2O4S/c1-26(14-17-5-7-21(29-2)20(25)12-17)16-24(28)27(15-19-4-3-11-32-19)18-6-8-22-23(13-18)31-10-9-30-22/h3-8,11-13H,9-10,14-16H2,1-2H3. The average Bonchev–Trinajstić information content (AvgIpc) is 3.30. The molecule has 0 unspecified atom stereocenters. The summed E-state index contributed by atoms with van der Waals surface area (Å²) in [6.07, 6.45) is 0. The molecule has 32 heavy (non-hydrogen) atoms. The molecular formula is C24H25FN2O4S. The fourth-order valence-electron chi connectivity index (χ4n) is 3.57. The molecule has 168 valence electrons. The summed E-state index contributed by atoms with van der Waals surface area (Å²) in [5.74, 6) is 1.04. The predicted octanol–water partition coefficient (Wildman–Crippen LogP) is 4.33. The van der Waals surface area contributed by atoms with Crippen molar-refractivity contribution in [2.24, 2.45) is 0 Å². The van der Waals surface area contributed by atoms with Crippen molar-refractivity contribution in [2.45, 2.75) is 13.1 Å². The van der Waals surface area contributed by atoms with Crippen LogP contribution in [0.3, 0.4) is 0 Å². The maximum Gasteiger partial charge on any atom is 0.241 e. The summed E-state index contributed by atoms with van der Waals surface area (Å²) in [5, 5.41) is 1.99. The van der Waals surface area contributed by atoms with E-state index in [0.29, 0.717) is 37.8 Å². The lowest BCUT2D eigenvalue weighted by Crippen LogP contribution is -2.38. The minimum Gasteiger partial charge on any atom is -0.494 e. The first kappa shape index (κ1) is 22.1. The molecule has 8 heteroatoms. The van der Waals surface area contributed by atoms with E-state index in [4.69, 9.17) is 14.2 Å². The maximum atomic E-state index is 14.0. The van der Waals surface area contributed by atoms with Crippen LogP contribution < -0.4 is 19.1 Å². The molecule has 2 heterocycles. The van der Waals surface area contributed by atoms with E-state index in [1.807, 2.05) is 47.7 Å². The Morgan fingerprint density at radius 2 is 1.91 bits per heavy atom. The van der Waals surface area contributed by atoms with Crippen molar-refractivity contribution in [3.05, 3.63) is 70.2 Å². The Kier molecular flexibility index (Phi) is 6.92. The molecule has 2 aromatic carbocycles. The zero-order chi connectivity index (χ0) is 22.5. The molecule has 0 radical (unpaired) electrons. The third-order valence-corrected chi connectivity index (χ3v) is 5.97. The fourth-order valence-corrected chi connectivity index (χ4v) is 4.27. The highest BCUT2D eigenvalue weighted by atomic mass is 32.1. The number of ether oxygens (including phenoxy) is 3. The second kappa shape index (κ2) is 10.0. The Hall–Kier alpha value is -3.10. The zero-order valence-corrected chi connectivity index (χ0v) is 18.9. The van der Waals surface area contributed by atoms with E-state index >= 15 is 0 Å². The molecule has 1 amide bonds. The van der Waals surface area contributed by atoms with Crippen molar-refractivity contribution in [1.82, 2.24) is 4.90 Å². The van der Waals surface area contributed by atoms with Gasteiger partial charge in [0, 0.05) is 23.2 Å². The van der Waals surface area contributed by atoms with Crippen LogP contribution in [0.1, 0.15) is 10.4 Å². The van der Waals surface area contributed by atoms with Gasteiger partial charge in [-0.15, -0.1) is 11.3 Å². The molecule has 0 N–H and O–H groups in total. The number of hydrogen-bond acceptors (Lipinski definition) is 6. The van der Waals surface area contributed by atoms with Crippen LogP contribution in [0.25, 0.3) is 0 Å². The van der Waals surface area contributed by atoms with Gasteiger partial charge in [0.2, 0.25) is 5.91 Å². The normalized spacial score (nSPS) is 12.6. The Labute approximate surface area is 190 Å². The summed E-state index contributed by atoms with van der Waals surface area (Å²) < 4.78 is 30.3. The van der Waals surface area contributed by atoms with Gasteiger partial charge < -0.3 is 19.1 Å². The zero-order valence-electron chi connectivity index (χ0n) is 18.0. The van der Waals surface area contributed by atoms with Crippen LogP contribution in [-0.2, 0) is 17.9 Å². The van der Waals surface area contributed by atoms with Crippen LogP contribution in [0.4, 0.5) is 10.1 Å². The highest BCUT2D eigenvalue weighted by molar-refractivity contribution is 7.09. The molecular weight excluding hydrogens is 431 g/mol. The van der Waals surface area contributed by atoms with E-state index in [0.717, 1.165) is 16.1 Å². The second-order valence-electron chi connectivity index (χ2n) is 7.53. The van der Waals surface area contributed by atoms with Crippen LogP contribution in [-0.4, -0.2) is 44.7 Å². The Morgan fingerprint density at radius 1 is 1.09 bits per heavy atom. The SMILES string of the molecule is COc1ccc(CN(C)CC(=O)N(Cc2cccs2)c2ccc3c(c2)OCCO3)cc1F. The van der Waals surface area contributed by atoms with Gasteiger partial charge in [-0.1, -0.05) is 12.1 Å². The quantitative estimate of drug-likeness (QED) is 0.505. The number of thiophene rings is 1. The molecule has 1 aliphatic heterocycles. The lowest BCUT2D eigenvalue weighted by molar-refractivity contribution is -0.119. The van der Waals surface area contributed by atoms with E-state index in [1.54, 1.807) is 28.4 Å². The predicted molar refractivity (Wildman–Crippen MR) is 122 cm³/mol. The lowest BCUT2D eigenvalue weighted by atomic mass is 10.2. The smallest absolute Gasteiger partial charge is 0.241 e. The highest BCUT2D eigenvalue weighted by Gasteiger charge is 2.21. The lowest BCUT2D eigenvalue weighted by Gasteiger charge is -2.27. The molecule has 0 spiro atoms. The van der Waals surface area contributed by atoms with Crippen molar-refractivity contribution >= 4 is 22.9 Å². The highest BCUT2D eigenvalue weighted by Crippen LogP contribution is 2.34. The van der Waals surface area contributed by atoms with Crippen LogP contribution in [0.5, 0.6) is 17.2 Å². The largest absolute Gasteiger partial charge is 0.494 e. The molecule has 3 aromatic rings. The van der Waals surface area contributed by atoms with Crippen molar-refractivity contribution in [1.29, 1.82) is 0 Å². The average molecular weight is 457 g/mol. The number of carbonyl (C=O) groups excluding carboxylic acids is 1. The van der Waals surface area contributed by atoms with Gasteiger partial charge in [0.15, 0.2) is 23.1 Å². The molecule has 0 saturated heterocycles. The Balaban J connectivity index is 1.50. The first-order valence-corrected chi connectivity index (χ1v) is 11.1. The van der Waals surface area contributed by atoms with Crippen molar-refractivity contribution < 1.29 is 23.4 Å². The molecule has 0 fully saturated rings. The summed E-state index contributed by atoms with van der Waals surface area (Å²) >= 11 is 1.60. The van der Waals surface area contributed by atoms with Gasteiger partial charge in [0.05, 0.1) is 20.2 Å². The molecule has 0 saturated carbocycles. The molecule has 0 bridgehead atoms. The minimum atomic E-state index is -0.416. The van der Waals surface area contributed by atoms with Crippen molar-refractivity contribution in [3.63, 3.8) is 0 Å². The van der Waals surface area contributed by atoms with Gasteiger partial charge in [-0.2, -0.15) is 0 Å². The maximum absolute atomic E-state index is 14.0. The summed E-state index contributed by atoms with van der Waals surface area (Å²) in [6, 6.07) is 14.4. The van der Waals surface area contributed by atoms with Crippen LogP contribution in [0.15, 0.2) is 53.9 Å². The molecule has 6 nitrogen and oxygen atoms in total. The minimum absolute atomic E-state index is 0.0634. The number of methoxy groups -OCH3 is 1. The third kappa shape index (κ3) is 5.20. The van der Waals surface area contributed by atoms with E-state index in [-0.39, 0.29) is 18.2 Å². The third-order valence-electron chi connectivity index (χ3n) is 5.11. The number of fused-ring (bicyclic) bond motifs is 1. The van der Waals surface area contributed by atoms with Gasteiger partial charge in [0.1, 0.15) is 13.2 Å². The molecule has 0 aliphatic carbocycles. The number of carbonyl (C=O) groups is 1. The molecule has 0 atom stereocenters. The van der Waals surface area contributed by atoms with Gasteiger partial charge in [0.25, 0.3) is 0 Å². The van der Waals surface area contributed by atoms with Gasteiger partial charge >= 0.3 is 0 Å². The molecule has 4 rings (SSSR count). The van der Waals surface area contributed by atoms with E-state index in [9.17, 15) is 9.18 Å². The Bertz CT molecular complexity index is 1070. The number of anilines is 1. The number of amides is 1. The van der Waals surface area contributed by atoms with Crippen molar-refractivity contribution in [2.75, 3.05) is 38.8 Å². The second-order valence-corrected chi connectivity index (χ2v) is 8.56. The molecule has 1 aromatic heterocycles. The summed E-state index contributed by atoms with van der Waals surface area (Å²) in [7, 11) is 3.27. The monoisotopic (exact) mass is 456 g/mol. The number of nitrogens with zero attached hydrogens (tertiary/aromatic N) is 2. The number of benzene rings is 2. The van der Waals surface area contributed by atoms with Gasteiger partial charge in [-0.25, -0.2) is 4.39 Å². The molecule has 1 aliphatic rings. The van der Waals surface area contributed by atoms with Crippen molar-refractivity contribution in [3.8, 4) is 17.2 Å². The van der Waals surface area contributed by atoms with Crippen LogP contribution in [0.2, 0.25) is 0 Å². The first-order valence-electron chi connectivity index (χ1n) is 10.3. The first-order chi connectivity index (χ1) is 15.5. The number of rotatable bonds is 8. The summed E-state index contributed by atoms with van der Waals surface area (Å²) in [5.41, 5.74) is 1.51. The van der Waals surface area contributed by atoms with E-state index in [1.165, 1.54) is 13.2 Å². The van der Waals surface area contributed by atoms with Gasteiger partial charge in [-0.05, 0) is 48.3 Å².